The zero-order valence-corrected chi connectivity index (χ0v) is 19.2. The molecule has 2 aliphatic heterocycles. The molecule has 7 nitrogen and oxygen atoms in total. The average molecular weight is 446 g/mol. The predicted molar refractivity (Wildman–Crippen MR) is 122 cm³/mol. The monoisotopic (exact) mass is 445 g/mol. The summed E-state index contributed by atoms with van der Waals surface area (Å²) in [5, 5.41) is 0. The minimum absolute atomic E-state index is 0.00799. The van der Waals surface area contributed by atoms with Crippen LogP contribution in [0.3, 0.4) is 0 Å². The molecular formula is C23H31N3O4S. The normalized spacial score (nSPS) is 17.6. The van der Waals surface area contributed by atoms with Gasteiger partial charge in [-0.2, -0.15) is 0 Å². The Kier molecular flexibility index (Phi) is 6.41. The van der Waals surface area contributed by atoms with E-state index in [1.807, 2.05) is 0 Å². The summed E-state index contributed by atoms with van der Waals surface area (Å²) in [6.45, 7) is 3.32. The highest BCUT2D eigenvalue weighted by atomic mass is 32.2. The van der Waals surface area contributed by atoms with Crippen molar-refractivity contribution in [3.05, 3.63) is 47.5 Å². The van der Waals surface area contributed by atoms with E-state index in [0.29, 0.717) is 18.0 Å². The minimum Gasteiger partial charge on any atom is -0.493 e. The number of fused-ring (bicyclic) bond motifs is 1. The summed E-state index contributed by atoms with van der Waals surface area (Å²) in [7, 11) is 1.44. The second-order valence-corrected chi connectivity index (χ2v) is 9.95. The average Bonchev–Trinajstić information content (AvgIpc) is 3.43. The van der Waals surface area contributed by atoms with Crippen LogP contribution in [0.5, 0.6) is 11.5 Å². The van der Waals surface area contributed by atoms with Gasteiger partial charge in [-0.15, -0.1) is 0 Å². The highest BCUT2D eigenvalue weighted by Crippen LogP contribution is 2.33. The molecule has 31 heavy (non-hydrogen) atoms. The smallest absolute Gasteiger partial charge is 0.240 e. The summed E-state index contributed by atoms with van der Waals surface area (Å²) in [6.07, 6.45) is 3.32. The highest BCUT2D eigenvalue weighted by molar-refractivity contribution is 7.89. The molecule has 1 N–H and O–H groups in total. The molecule has 0 bridgehead atoms. The number of ether oxygens (including phenoxy) is 2. The number of benzene rings is 2. The molecule has 2 heterocycles. The van der Waals surface area contributed by atoms with Crippen LogP contribution in [0.4, 0.5) is 5.69 Å². The zero-order valence-electron chi connectivity index (χ0n) is 18.4. The number of methoxy groups -OCH3 is 2. The topological polar surface area (TPSA) is 71.1 Å². The third-order valence-corrected chi connectivity index (χ3v) is 7.75. The molecular weight excluding hydrogens is 414 g/mol. The molecule has 0 amide bonds. The second-order valence-electron chi connectivity index (χ2n) is 8.19. The predicted octanol–water partition coefficient (Wildman–Crippen LogP) is 2.81. The van der Waals surface area contributed by atoms with Crippen LogP contribution in [0.1, 0.15) is 30.0 Å². The molecule has 2 aromatic carbocycles. The number of nitrogens with zero attached hydrogens (tertiary/aromatic N) is 2. The van der Waals surface area contributed by atoms with Crippen LogP contribution in [0, 0.1) is 0 Å². The maximum absolute atomic E-state index is 13.0. The first kappa shape index (κ1) is 21.9. The Morgan fingerprint density at radius 2 is 1.74 bits per heavy atom. The van der Waals surface area contributed by atoms with Crippen molar-refractivity contribution in [2.75, 3.05) is 52.3 Å². The van der Waals surface area contributed by atoms with E-state index in [1.165, 1.54) is 37.1 Å². The summed E-state index contributed by atoms with van der Waals surface area (Å²) >= 11 is 0. The Morgan fingerprint density at radius 3 is 2.45 bits per heavy atom. The molecule has 1 saturated heterocycles. The lowest BCUT2D eigenvalue weighted by molar-refractivity contribution is 0.246. The lowest BCUT2D eigenvalue weighted by Crippen LogP contribution is -2.36. The molecule has 0 unspecified atom stereocenters. The number of sulfonamides is 1. The number of anilines is 1. The van der Waals surface area contributed by atoms with Gasteiger partial charge in [-0.25, -0.2) is 13.1 Å². The maximum atomic E-state index is 13.0. The van der Waals surface area contributed by atoms with Gasteiger partial charge in [0.15, 0.2) is 11.5 Å². The Morgan fingerprint density at radius 1 is 1.00 bits per heavy atom. The fourth-order valence-electron chi connectivity index (χ4n) is 4.56. The molecule has 8 heteroatoms. The SMILES string of the molecule is COc1ccc(S(=O)(=O)NC[C@@H](c2ccc3c(c2)CCN3C)N2CCCC2)cc1OC. The van der Waals surface area contributed by atoms with Crippen molar-refractivity contribution in [2.24, 2.45) is 0 Å². The molecule has 0 aliphatic carbocycles. The van der Waals surface area contributed by atoms with Crippen molar-refractivity contribution in [1.82, 2.24) is 9.62 Å². The lowest BCUT2D eigenvalue weighted by atomic mass is 10.0. The molecule has 0 spiro atoms. The Bertz CT molecular complexity index is 1040. The van der Waals surface area contributed by atoms with Gasteiger partial charge in [-0.05, 0) is 61.7 Å². The van der Waals surface area contributed by atoms with Crippen LogP contribution >= 0.6 is 0 Å². The molecule has 0 aromatic heterocycles. The van der Waals surface area contributed by atoms with Gasteiger partial charge in [0.1, 0.15) is 0 Å². The van der Waals surface area contributed by atoms with Crippen LogP contribution in [0.2, 0.25) is 0 Å². The van der Waals surface area contributed by atoms with Gasteiger partial charge in [0.25, 0.3) is 0 Å². The van der Waals surface area contributed by atoms with Crippen LogP contribution in [-0.2, 0) is 16.4 Å². The number of hydrogen-bond acceptors (Lipinski definition) is 6. The van der Waals surface area contributed by atoms with Crippen LogP contribution in [-0.4, -0.2) is 60.8 Å². The van der Waals surface area contributed by atoms with Crippen molar-refractivity contribution in [2.45, 2.75) is 30.2 Å². The Balaban J connectivity index is 1.57. The number of likely N-dealkylation sites (tertiary alicyclic amines) is 1. The van der Waals surface area contributed by atoms with E-state index >= 15 is 0 Å². The Hall–Kier alpha value is -2.29. The fourth-order valence-corrected chi connectivity index (χ4v) is 5.61. The van der Waals surface area contributed by atoms with Crippen molar-refractivity contribution in [3.8, 4) is 11.5 Å². The summed E-state index contributed by atoms with van der Waals surface area (Å²) in [5.74, 6) is 0.892. The van der Waals surface area contributed by atoms with Gasteiger partial charge in [0.2, 0.25) is 10.0 Å². The summed E-state index contributed by atoms with van der Waals surface area (Å²) < 4.78 is 39.4. The van der Waals surface area contributed by atoms with Gasteiger partial charge < -0.3 is 14.4 Å². The number of likely N-dealkylation sites (N-methyl/N-ethyl adjacent to an activating group) is 1. The Labute approximate surface area is 185 Å². The van der Waals surface area contributed by atoms with Crippen LogP contribution in [0.15, 0.2) is 41.3 Å². The van der Waals surface area contributed by atoms with Crippen molar-refractivity contribution in [3.63, 3.8) is 0 Å². The van der Waals surface area contributed by atoms with Crippen LogP contribution in [0.25, 0.3) is 0 Å². The van der Waals surface area contributed by atoms with Gasteiger partial charge in [-0.1, -0.05) is 12.1 Å². The minimum atomic E-state index is -3.69. The number of nitrogens with one attached hydrogen (secondary N) is 1. The molecule has 2 aromatic rings. The summed E-state index contributed by atoms with van der Waals surface area (Å²) in [4.78, 5) is 4.82. The van der Waals surface area contributed by atoms with Gasteiger partial charge in [-0.3, -0.25) is 4.90 Å². The van der Waals surface area contributed by atoms with E-state index in [0.717, 1.165) is 38.9 Å². The van der Waals surface area contributed by atoms with E-state index < -0.39 is 10.0 Å². The standard InChI is InChI=1S/C23H31N3O4S/c1-25-13-10-18-14-17(6-8-20(18)25)21(26-11-4-5-12-26)16-24-31(27,28)19-7-9-22(29-2)23(15-19)30-3/h6-9,14-15,21,24H,4-5,10-13,16H2,1-3H3/t21-/m0/s1. The molecule has 0 saturated carbocycles. The highest BCUT2D eigenvalue weighted by Gasteiger charge is 2.27. The van der Waals surface area contributed by atoms with E-state index in [2.05, 4.69) is 39.8 Å². The van der Waals surface area contributed by atoms with Crippen molar-refractivity contribution in [1.29, 1.82) is 0 Å². The first-order chi connectivity index (χ1) is 14.9. The summed E-state index contributed by atoms with van der Waals surface area (Å²) in [6, 6.07) is 11.2. The zero-order chi connectivity index (χ0) is 22.0. The molecule has 4 rings (SSSR count). The lowest BCUT2D eigenvalue weighted by Gasteiger charge is -2.29. The van der Waals surface area contributed by atoms with E-state index in [9.17, 15) is 8.42 Å². The molecule has 1 atom stereocenters. The second kappa shape index (κ2) is 9.06. The van der Waals surface area contributed by atoms with Crippen molar-refractivity contribution >= 4 is 15.7 Å². The summed E-state index contributed by atoms with van der Waals surface area (Å²) in [5.41, 5.74) is 3.78. The molecule has 168 valence electrons. The number of rotatable bonds is 8. The fraction of sp³-hybridized carbons (Fsp3) is 0.478. The molecule has 2 aliphatic rings. The molecule has 0 radical (unpaired) electrons. The first-order valence-electron chi connectivity index (χ1n) is 10.7. The van der Waals surface area contributed by atoms with Gasteiger partial charge >= 0.3 is 0 Å². The first-order valence-corrected chi connectivity index (χ1v) is 12.2. The third-order valence-electron chi connectivity index (χ3n) is 6.33. The van der Waals surface area contributed by atoms with E-state index in [1.54, 1.807) is 12.1 Å². The van der Waals surface area contributed by atoms with E-state index in [4.69, 9.17) is 9.47 Å². The van der Waals surface area contributed by atoms with E-state index in [-0.39, 0.29) is 10.9 Å². The van der Waals surface area contributed by atoms with Crippen molar-refractivity contribution < 1.29 is 17.9 Å². The number of hydrogen-bond donors (Lipinski definition) is 1. The quantitative estimate of drug-likeness (QED) is 0.674. The third kappa shape index (κ3) is 4.51. The van der Waals surface area contributed by atoms with Crippen LogP contribution < -0.4 is 19.1 Å². The maximum Gasteiger partial charge on any atom is 0.240 e. The van der Waals surface area contributed by atoms with Gasteiger partial charge in [0.05, 0.1) is 19.1 Å². The van der Waals surface area contributed by atoms with Gasteiger partial charge in [0, 0.05) is 37.9 Å². The molecule has 1 fully saturated rings. The largest absolute Gasteiger partial charge is 0.493 e.